The minimum absolute atomic E-state index is 0.776. The number of likely N-dealkylation sites (tertiary alicyclic amines) is 1. The van der Waals surface area contributed by atoms with Crippen LogP contribution in [0.5, 0.6) is 0 Å². The predicted octanol–water partition coefficient (Wildman–Crippen LogP) is 2.32. The number of hydrogen-bond donors (Lipinski definition) is 1. The Kier molecular flexibility index (Phi) is 5.36. The lowest BCUT2D eigenvalue weighted by Crippen LogP contribution is -2.56. The fourth-order valence-corrected chi connectivity index (χ4v) is 4.53. The van der Waals surface area contributed by atoms with E-state index in [2.05, 4.69) is 22.2 Å². The summed E-state index contributed by atoms with van der Waals surface area (Å²) >= 11 is 0. The van der Waals surface area contributed by atoms with E-state index in [1.807, 2.05) is 0 Å². The smallest absolute Gasteiger partial charge is 0.0223 e. The van der Waals surface area contributed by atoms with Crippen LogP contribution in [0.3, 0.4) is 0 Å². The number of hydrogen-bond acceptors (Lipinski definition) is 3. The topological polar surface area (TPSA) is 18.5 Å². The van der Waals surface area contributed by atoms with Crippen molar-refractivity contribution in [1.29, 1.82) is 0 Å². The summed E-state index contributed by atoms with van der Waals surface area (Å²) in [6.07, 6.45) is 11.6. The second kappa shape index (κ2) is 7.24. The van der Waals surface area contributed by atoms with Gasteiger partial charge in [-0.3, -0.25) is 4.90 Å². The highest BCUT2D eigenvalue weighted by Gasteiger charge is 2.30. The van der Waals surface area contributed by atoms with Crippen molar-refractivity contribution in [3.8, 4) is 0 Å². The van der Waals surface area contributed by atoms with Gasteiger partial charge in [-0.1, -0.05) is 25.7 Å². The maximum absolute atomic E-state index is 3.81. The Balaban J connectivity index is 1.49. The molecule has 0 aromatic carbocycles. The Bertz CT molecular complexity index is 288. The molecule has 3 heteroatoms. The van der Waals surface area contributed by atoms with E-state index in [4.69, 9.17) is 0 Å². The Hall–Kier alpha value is -0.120. The molecule has 1 aliphatic carbocycles. The van der Waals surface area contributed by atoms with E-state index < -0.39 is 0 Å². The van der Waals surface area contributed by atoms with Crippen LogP contribution in [-0.2, 0) is 0 Å². The van der Waals surface area contributed by atoms with Crippen LogP contribution in [0.1, 0.15) is 51.4 Å². The molecule has 20 heavy (non-hydrogen) atoms. The Labute approximate surface area is 125 Å². The van der Waals surface area contributed by atoms with Gasteiger partial charge in [-0.05, 0) is 45.2 Å². The summed E-state index contributed by atoms with van der Waals surface area (Å²) in [5.74, 6) is 0.954. The van der Waals surface area contributed by atoms with Crippen LogP contribution < -0.4 is 5.32 Å². The molecule has 1 N–H and O–H groups in total. The van der Waals surface area contributed by atoms with Crippen molar-refractivity contribution < 1.29 is 0 Å². The van der Waals surface area contributed by atoms with Gasteiger partial charge in [-0.25, -0.2) is 0 Å². The minimum atomic E-state index is 0.776. The van der Waals surface area contributed by atoms with Gasteiger partial charge in [0.1, 0.15) is 0 Å². The first-order valence-corrected chi connectivity index (χ1v) is 8.99. The molecular formula is C17H33N3. The van der Waals surface area contributed by atoms with E-state index in [9.17, 15) is 0 Å². The summed E-state index contributed by atoms with van der Waals surface area (Å²) < 4.78 is 0. The Morgan fingerprint density at radius 2 is 1.75 bits per heavy atom. The summed E-state index contributed by atoms with van der Waals surface area (Å²) in [5, 5.41) is 3.81. The minimum Gasteiger partial charge on any atom is -0.311 e. The van der Waals surface area contributed by atoms with Crippen LogP contribution in [0.15, 0.2) is 0 Å². The zero-order chi connectivity index (χ0) is 13.8. The highest BCUT2D eigenvalue weighted by atomic mass is 15.2. The maximum atomic E-state index is 3.81. The average molecular weight is 279 g/mol. The van der Waals surface area contributed by atoms with Crippen LogP contribution in [-0.4, -0.2) is 61.7 Å². The third-order valence-corrected chi connectivity index (χ3v) is 5.90. The first kappa shape index (κ1) is 14.8. The van der Waals surface area contributed by atoms with Crippen molar-refractivity contribution in [2.45, 2.75) is 63.5 Å². The molecule has 0 aromatic heterocycles. The first-order valence-electron chi connectivity index (χ1n) is 8.99. The molecule has 116 valence electrons. The van der Waals surface area contributed by atoms with Gasteiger partial charge in [0.2, 0.25) is 0 Å². The molecule has 0 radical (unpaired) electrons. The summed E-state index contributed by atoms with van der Waals surface area (Å²) in [4.78, 5) is 5.35. The maximum Gasteiger partial charge on any atom is 0.0223 e. The average Bonchev–Trinajstić information content (AvgIpc) is 2.51. The first-order chi connectivity index (χ1) is 9.83. The summed E-state index contributed by atoms with van der Waals surface area (Å²) in [7, 11) is 2.32. The van der Waals surface area contributed by atoms with E-state index in [1.165, 1.54) is 84.1 Å². The molecule has 3 nitrogen and oxygen atoms in total. The van der Waals surface area contributed by atoms with E-state index in [0.29, 0.717) is 0 Å². The molecule has 0 bridgehead atoms. The van der Waals surface area contributed by atoms with Gasteiger partial charge in [0.25, 0.3) is 0 Å². The molecule has 1 saturated carbocycles. The monoisotopic (exact) mass is 279 g/mol. The highest BCUT2D eigenvalue weighted by molar-refractivity contribution is 4.88. The Morgan fingerprint density at radius 3 is 2.55 bits per heavy atom. The van der Waals surface area contributed by atoms with Crippen LogP contribution in [0, 0.1) is 5.92 Å². The van der Waals surface area contributed by atoms with Crippen molar-refractivity contribution in [3.63, 3.8) is 0 Å². The summed E-state index contributed by atoms with van der Waals surface area (Å²) in [6.45, 7) is 6.38. The van der Waals surface area contributed by atoms with Crippen molar-refractivity contribution in [2.24, 2.45) is 5.92 Å². The van der Waals surface area contributed by atoms with Crippen molar-refractivity contribution in [2.75, 3.05) is 39.8 Å². The van der Waals surface area contributed by atoms with Gasteiger partial charge in [0.05, 0.1) is 0 Å². The fraction of sp³-hybridized carbons (Fsp3) is 1.00. The van der Waals surface area contributed by atoms with Crippen LogP contribution in [0.25, 0.3) is 0 Å². The number of rotatable bonds is 3. The molecule has 3 aliphatic rings. The number of piperidine rings is 1. The predicted molar refractivity (Wildman–Crippen MR) is 85.1 cm³/mol. The molecule has 2 atom stereocenters. The largest absolute Gasteiger partial charge is 0.311 e. The van der Waals surface area contributed by atoms with Crippen LogP contribution in [0.2, 0.25) is 0 Å². The molecule has 0 spiro atoms. The van der Waals surface area contributed by atoms with Crippen molar-refractivity contribution in [1.82, 2.24) is 15.1 Å². The molecule has 0 amide bonds. The molecule has 2 heterocycles. The van der Waals surface area contributed by atoms with Crippen molar-refractivity contribution >= 4 is 0 Å². The zero-order valence-corrected chi connectivity index (χ0v) is 13.3. The summed E-state index contributed by atoms with van der Waals surface area (Å²) in [6, 6.07) is 1.59. The van der Waals surface area contributed by atoms with E-state index in [-0.39, 0.29) is 0 Å². The van der Waals surface area contributed by atoms with Gasteiger partial charge in [0, 0.05) is 38.3 Å². The third kappa shape index (κ3) is 3.75. The lowest BCUT2D eigenvalue weighted by atomic mass is 9.83. The van der Waals surface area contributed by atoms with Gasteiger partial charge >= 0.3 is 0 Å². The number of piperazine rings is 1. The summed E-state index contributed by atoms with van der Waals surface area (Å²) in [5.41, 5.74) is 0. The lowest BCUT2D eigenvalue weighted by Gasteiger charge is -2.42. The molecule has 2 unspecified atom stereocenters. The standard InChI is InChI=1S/C17H33N3/c1-19-11-6-5-9-16(19)13-20-12-10-18-17(14-20)15-7-3-2-4-8-15/h15-18H,2-14H2,1H3. The second-order valence-electron chi connectivity index (χ2n) is 7.35. The van der Waals surface area contributed by atoms with Gasteiger partial charge in [0.15, 0.2) is 0 Å². The Morgan fingerprint density at radius 1 is 0.950 bits per heavy atom. The highest BCUT2D eigenvalue weighted by Crippen LogP contribution is 2.28. The zero-order valence-electron chi connectivity index (χ0n) is 13.3. The van der Waals surface area contributed by atoms with Gasteiger partial charge in [-0.2, -0.15) is 0 Å². The van der Waals surface area contributed by atoms with Crippen LogP contribution >= 0.6 is 0 Å². The molecule has 3 rings (SSSR count). The van der Waals surface area contributed by atoms with Gasteiger partial charge in [-0.15, -0.1) is 0 Å². The normalized spacial score (nSPS) is 35.2. The van der Waals surface area contributed by atoms with Crippen LogP contribution in [0.4, 0.5) is 0 Å². The lowest BCUT2D eigenvalue weighted by molar-refractivity contribution is 0.0920. The second-order valence-corrected chi connectivity index (χ2v) is 7.35. The SMILES string of the molecule is CN1CCCCC1CN1CCNC(C2CCCCC2)C1. The number of nitrogens with zero attached hydrogens (tertiary/aromatic N) is 2. The quantitative estimate of drug-likeness (QED) is 0.855. The number of likely N-dealkylation sites (N-methyl/N-ethyl adjacent to an activating group) is 1. The van der Waals surface area contributed by atoms with E-state index >= 15 is 0 Å². The third-order valence-electron chi connectivity index (χ3n) is 5.90. The molecule has 0 aromatic rings. The molecule has 3 fully saturated rings. The van der Waals surface area contributed by atoms with E-state index in [0.717, 1.165) is 18.0 Å². The van der Waals surface area contributed by atoms with Gasteiger partial charge < -0.3 is 10.2 Å². The van der Waals surface area contributed by atoms with E-state index in [1.54, 1.807) is 0 Å². The molecular weight excluding hydrogens is 246 g/mol. The number of nitrogens with one attached hydrogen (secondary N) is 1. The molecule has 2 aliphatic heterocycles. The van der Waals surface area contributed by atoms with Crippen molar-refractivity contribution in [3.05, 3.63) is 0 Å². The fourth-order valence-electron chi connectivity index (χ4n) is 4.53. The molecule has 2 saturated heterocycles.